The highest BCUT2D eigenvalue weighted by Crippen LogP contribution is 2.25. The number of nitrogens with zero attached hydrogens (tertiary/aromatic N) is 2. The summed E-state index contributed by atoms with van der Waals surface area (Å²) in [5, 5.41) is 4.62. The Morgan fingerprint density at radius 3 is 1.70 bits per heavy atom. The van der Waals surface area contributed by atoms with Gasteiger partial charge < -0.3 is 4.57 Å². The maximum Gasteiger partial charge on any atom is 0.294 e. The Labute approximate surface area is 275 Å². The molecule has 0 radical (unpaired) electrons. The topological polar surface area (TPSA) is 152 Å². The summed E-state index contributed by atoms with van der Waals surface area (Å²) in [6, 6.07) is 11.8. The lowest BCUT2D eigenvalue weighted by Gasteiger charge is -2.15. The summed E-state index contributed by atoms with van der Waals surface area (Å²) < 4.78 is 84.6. The first-order valence-corrected chi connectivity index (χ1v) is 21.2. The van der Waals surface area contributed by atoms with Crippen LogP contribution in [-0.4, -0.2) is 46.4 Å². The number of rotatable bonds is 20. The lowest BCUT2D eigenvalue weighted by molar-refractivity contribution is 0.483. The highest BCUT2D eigenvalue weighted by atomic mass is 32.2. The van der Waals surface area contributed by atoms with E-state index in [1.165, 1.54) is 94.5 Å². The number of aromatic nitrogens is 1. The summed E-state index contributed by atoms with van der Waals surface area (Å²) in [5.41, 5.74) is 1.73. The Morgan fingerprint density at radius 1 is 0.696 bits per heavy atom. The Balaban J connectivity index is 1.66. The van der Waals surface area contributed by atoms with Crippen LogP contribution in [0.1, 0.15) is 96.8 Å². The summed E-state index contributed by atoms with van der Waals surface area (Å²) >= 11 is 0. The quantitative estimate of drug-likeness (QED) is 0.0757. The monoisotopic (exact) mass is 695 g/mol. The molecule has 0 atom stereocenters. The normalized spacial score (nSPS) is 13.0. The number of sulfone groups is 1. The Kier molecular flexibility index (Phi) is 14.3. The molecular formula is C33H49N3O7S3. The summed E-state index contributed by atoms with van der Waals surface area (Å²) in [7, 11) is -9.97. The largest absolute Gasteiger partial charge is 0.344 e. The van der Waals surface area contributed by atoms with Crippen molar-refractivity contribution in [3.8, 4) is 11.3 Å². The first-order chi connectivity index (χ1) is 21.7. The lowest BCUT2D eigenvalue weighted by Crippen LogP contribution is -2.25. The molecule has 1 heterocycles. The molecule has 0 aliphatic carbocycles. The van der Waals surface area contributed by atoms with Crippen LogP contribution in [0.2, 0.25) is 0 Å². The molecule has 0 saturated carbocycles. The zero-order valence-electron chi connectivity index (χ0n) is 27.2. The van der Waals surface area contributed by atoms with Gasteiger partial charge in [0.1, 0.15) is 0 Å². The number of fused-ring (bicyclic) bond motifs is 1. The van der Waals surface area contributed by atoms with E-state index in [-0.39, 0.29) is 20.9 Å². The molecule has 13 heteroatoms. The Hall–Kier alpha value is -2.74. The predicted molar refractivity (Wildman–Crippen MR) is 184 cm³/mol. The van der Waals surface area contributed by atoms with Crippen molar-refractivity contribution in [2.75, 3.05) is 12.0 Å². The van der Waals surface area contributed by atoms with Crippen LogP contribution in [-0.2, 0) is 37.0 Å². The first-order valence-electron chi connectivity index (χ1n) is 16.2. The molecule has 256 valence electrons. The third-order valence-electron chi connectivity index (χ3n) is 8.19. The van der Waals surface area contributed by atoms with Gasteiger partial charge in [0.15, 0.2) is 9.84 Å². The Bertz CT molecular complexity index is 1830. The average Bonchev–Trinajstić information content (AvgIpc) is 3.00. The van der Waals surface area contributed by atoms with Gasteiger partial charge in [-0.3, -0.25) is 4.55 Å². The van der Waals surface area contributed by atoms with Crippen molar-refractivity contribution in [1.29, 1.82) is 0 Å². The molecule has 0 unspecified atom stereocenters. The second-order valence-corrected chi connectivity index (χ2v) is 17.3. The van der Waals surface area contributed by atoms with Crippen molar-refractivity contribution in [3.05, 3.63) is 53.9 Å². The second kappa shape index (κ2) is 17.4. The van der Waals surface area contributed by atoms with E-state index in [0.717, 1.165) is 25.5 Å². The smallest absolute Gasteiger partial charge is 0.294 e. The highest BCUT2D eigenvalue weighted by molar-refractivity contribution is 7.90. The van der Waals surface area contributed by atoms with Gasteiger partial charge in [0, 0.05) is 18.7 Å². The van der Waals surface area contributed by atoms with Crippen LogP contribution in [0.4, 0.5) is 0 Å². The number of benzene rings is 2. The van der Waals surface area contributed by atoms with Crippen LogP contribution in [0.15, 0.2) is 63.4 Å². The summed E-state index contributed by atoms with van der Waals surface area (Å²) in [4.78, 5) is 2.09. The minimum atomic E-state index is -4.53. The van der Waals surface area contributed by atoms with Crippen molar-refractivity contribution >= 4 is 40.9 Å². The van der Waals surface area contributed by atoms with E-state index in [2.05, 4.69) is 16.9 Å². The van der Waals surface area contributed by atoms with E-state index in [4.69, 9.17) is 0 Å². The number of sulfonamides is 1. The van der Waals surface area contributed by atoms with Gasteiger partial charge >= 0.3 is 0 Å². The molecule has 0 amide bonds. The van der Waals surface area contributed by atoms with E-state index >= 15 is 0 Å². The molecule has 0 aliphatic heterocycles. The van der Waals surface area contributed by atoms with Crippen molar-refractivity contribution in [2.45, 2.75) is 107 Å². The lowest BCUT2D eigenvalue weighted by atomic mass is 10.0. The van der Waals surface area contributed by atoms with E-state index in [0.29, 0.717) is 28.6 Å². The third-order valence-corrected chi connectivity index (χ3v) is 11.4. The minimum absolute atomic E-state index is 0.0941. The molecular weight excluding hydrogens is 647 g/mol. The molecule has 1 aromatic heterocycles. The fourth-order valence-electron chi connectivity index (χ4n) is 5.50. The van der Waals surface area contributed by atoms with Gasteiger partial charge in [0.25, 0.3) is 10.1 Å². The van der Waals surface area contributed by atoms with Crippen molar-refractivity contribution in [3.63, 3.8) is 0 Å². The maximum absolute atomic E-state index is 12.8. The van der Waals surface area contributed by atoms with Crippen molar-refractivity contribution < 1.29 is 29.8 Å². The molecule has 2 N–H and O–H groups in total. The molecule has 0 aliphatic rings. The SMILES string of the molecule is CCCCCCCCCCCCCCCCS(=O)(=O)N/N=c1/cc(-c2ccc(S(C)(=O)=O)cc2)n(C)c2ccc(S(=O)(=O)O)cc12. The number of nitrogens with one attached hydrogen (secondary N) is 1. The summed E-state index contributed by atoms with van der Waals surface area (Å²) in [6.45, 7) is 2.23. The van der Waals surface area contributed by atoms with Gasteiger partial charge in [-0.2, -0.15) is 13.5 Å². The molecule has 10 nitrogen and oxygen atoms in total. The van der Waals surface area contributed by atoms with Gasteiger partial charge in [-0.05, 0) is 48.4 Å². The average molecular weight is 696 g/mol. The van der Waals surface area contributed by atoms with Crippen LogP contribution in [0.25, 0.3) is 22.2 Å². The van der Waals surface area contributed by atoms with Crippen LogP contribution in [0.5, 0.6) is 0 Å². The van der Waals surface area contributed by atoms with Gasteiger partial charge in [-0.25, -0.2) is 21.7 Å². The molecule has 0 saturated heterocycles. The number of aryl methyl sites for hydroxylation is 1. The zero-order chi connectivity index (χ0) is 33.8. The maximum atomic E-state index is 12.8. The molecule has 3 rings (SSSR count). The molecule has 0 bridgehead atoms. The number of unbranched alkanes of at least 4 members (excludes halogenated alkanes) is 13. The van der Waals surface area contributed by atoms with E-state index < -0.39 is 30.0 Å². The van der Waals surface area contributed by atoms with E-state index in [9.17, 15) is 29.8 Å². The van der Waals surface area contributed by atoms with Crippen molar-refractivity contribution in [1.82, 2.24) is 9.40 Å². The van der Waals surface area contributed by atoms with Crippen LogP contribution in [0, 0.1) is 0 Å². The Morgan fingerprint density at radius 2 is 1.20 bits per heavy atom. The third kappa shape index (κ3) is 11.8. The van der Waals surface area contributed by atoms with E-state index in [1.807, 2.05) is 0 Å². The first kappa shape index (κ1) is 37.7. The molecule has 3 aromatic rings. The standard InChI is InChI=1S/C33H49N3O7S3/c1-4-5-6-7-8-9-10-11-12-13-14-15-16-17-24-45(39,40)35-34-31-26-33(27-18-20-28(21-19-27)44(3,37)38)36(2)32-23-22-29(25-30(31)32)46(41,42)43/h18-23,25-26,35H,4-17,24H2,1-3H3,(H,41,42,43)/b34-31-. The van der Waals surface area contributed by atoms with Gasteiger partial charge in [-0.1, -0.05) is 103 Å². The van der Waals surface area contributed by atoms with Gasteiger partial charge in [0.2, 0.25) is 10.0 Å². The van der Waals surface area contributed by atoms with Crippen LogP contribution < -0.4 is 10.2 Å². The van der Waals surface area contributed by atoms with Gasteiger partial charge in [0.05, 0.1) is 32.1 Å². The second-order valence-electron chi connectivity index (χ2n) is 12.0. The molecule has 46 heavy (non-hydrogen) atoms. The van der Waals surface area contributed by atoms with Crippen molar-refractivity contribution in [2.24, 2.45) is 12.1 Å². The van der Waals surface area contributed by atoms with E-state index in [1.54, 1.807) is 29.8 Å². The zero-order valence-corrected chi connectivity index (χ0v) is 29.7. The molecule has 2 aromatic carbocycles. The fraction of sp³-hybridized carbons (Fsp3) is 0.545. The van der Waals surface area contributed by atoms with Crippen LogP contribution in [0.3, 0.4) is 0 Å². The van der Waals surface area contributed by atoms with Crippen LogP contribution >= 0.6 is 0 Å². The molecule has 0 fully saturated rings. The summed E-state index contributed by atoms with van der Waals surface area (Å²) in [5.74, 6) is -0.0941. The minimum Gasteiger partial charge on any atom is -0.344 e. The highest BCUT2D eigenvalue weighted by Gasteiger charge is 2.16. The number of hydrogen-bond donors (Lipinski definition) is 2. The number of hydrogen-bond acceptors (Lipinski definition) is 7. The number of pyridine rings is 1. The fourth-order valence-corrected chi connectivity index (χ4v) is 7.55. The van der Waals surface area contributed by atoms with Gasteiger partial charge in [-0.15, -0.1) is 0 Å². The summed E-state index contributed by atoms with van der Waals surface area (Å²) in [6.07, 6.45) is 17.4. The predicted octanol–water partition coefficient (Wildman–Crippen LogP) is 6.71. The molecule has 0 spiro atoms.